The number of nitrogens with zero attached hydrogens (tertiary/aromatic N) is 1. The van der Waals surface area contributed by atoms with E-state index in [4.69, 9.17) is 0 Å². The fraction of sp³-hybridized carbons (Fsp3) is 0.0909. The third kappa shape index (κ3) is 3.08. The zero-order chi connectivity index (χ0) is 13.1. The molecule has 0 aliphatic carbocycles. The zero-order valence-corrected chi connectivity index (χ0v) is 12.7. The van der Waals surface area contributed by atoms with Crippen LogP contribution in [-0.4, -0.2) is 9.97 Å². The number of H-pyrrole nitrogens is 1. The number of anilines is 1. The van der Waals surface area contributed by atoms with Crippen LogP contribution in [0.1, 0.15) is 5.56 Å². The Morgan fingerprint density at radius 3 is 3.06 bits per heavy atom. The van der Waals surface area contributed by atoms with Crippen LogP contribution in [0.3, 0.4) is 0 Å². The van der Waals surface area contributed by atoms with Crippen LogP contribution in [0.4, 0.5) is 10.2 Å². The third-order valence-electron chi connectivity index (χ3n) is 2.25. The van der Waals surface area contributed by atoms with E-state index in [1.165, 1.54) is 12.4 Å². The molecule has 2 aromatic rings. The van der Waals surface area contributed by atoms with Gasteiger partial charge in [-0.15, -0.1) is 0 Å². The molecule has 0 aliphatic heterocycles. The molecule has 0 atom stereocenters. The van der Waals surface area contributed by atoms with Gasteiger partial charge >= 0.3 is 0 Å². The van der Waals surface area contributed by atoms with Gasteiger partial charge in [0.15, 0.2) is 0 Å². The van der Waals surface area contributed by atoms with Gasteiger partial charge in [0.2, 0.25) is 0 Å². The van der Waals surface area contributed by atoms with Crippen LogP contribution in [0.25, 0.3) is 0 Å². The minimum Gasteiger partial charge on any atom is -0.365 e. The summed E-state index contributed by atoms with van der Waals surface area (Å²) < 4.78 is 14.8. The first-order chi connectivity index (χ1) is 8.58. The molecule has 18 heavy (non-hydrogen) atoms. The molecule has 2 N–H and O–H groups in total. The molecule has 4 nitrogen and oxygen atoms in total. The monoisotopic (exact) mass is 423 g/mol. The highest BCUT2D eigenvalue weighted by molar-refractivity contribution is 14.1. The van der Waals surface area contributed by atoms with Crippen LogP contribution in [0.15, 0.2) is 33.8 Å². The van der Waals surface area contributed by atoms with Crippen LogP contribution < -0.4 is 10.9 Å². The van der Waals surface area contributed by atoms with Crippen molar-refractivity contribution in [2.24, 2.45) is 0 Å². The zero-order valence-electron chi connectivity index (χ0n) is 9.01. The first-order valence-electron chi connectivity index (χ1n) is 4.99. The van der Waals surface area contributed by atoms with Crippen molar-refractivity contribution in [2.45, 2.75) is 6.54 Å². The van der Waals surface area contributed by atoms with Gasteiger partial charge in [-0.3, -0.25) is 4.79 Å². The lowest BCUT2D eigenvalue weighted by atomic mass is 10.2. The molecule has 0 fully saturated rings. The second-order valence-corrected chi connectivity index (χ2v) is 5.48. The van der Waals surface area contributed by atoms with Gasteiger partial charge in [0.25, 0.3) is 5.56 Å². The second-order valence-electron chi connectivity index (χ2n) is 3.48. The highest BCUT2D eigenvalue weighted by Gasteiger charge is 2.07. The first kappa shape index (κ1) is 13.5. The Morgan fingerprint density at radius 2 is 2.28 bits per heavy atom. The summed E-state index contributed by atoms with van der Waals surface area (Å²) in [7, 11) is 0. The molecule has 0 radical (unpaired) electrons. The van der Waals surface area contributed by atoms with Crippen molar-refractivity contribution in [1.29, 1.82) is 0 Å². The van der Waals surface area contributed by atoms with Gasteiger partial charge in [0.1, 0.15) is 15.2 Å². The first-order valence-corrected chi connectivity index (χ1v) is 6.86. The normalized spacial score (nSPS) is 10.4. The van der Waals surface area contributed by atoms with Gasteiger partial charge in [0.05, 0.1) is 6.33 Å². The van der Waals surface area contributed by atoms with E-state index in [2.05, 4.69) is 31.2 Å². The van der Waals surface area contributed by atoms with E-state index in [1.807, 2.05) is 22.6 Å². The van der Waals surface area contributed by atoms with Crippen LogP contribution >= 0.6 is 38.5 Å². The standard InChI is InChI=1S/C11H8BrFIN3O/c12-7-1-2-8(13)6(3-7)4-15-10-9(14)11(18)17-5-16-10/h1-3,5H,4H2,(H2,15,16,17,18). The minimum atomic E-state index is -0.300. The molecular formula is C11H8BrFIN3O. The Morgan fingerprint density at radius 1 is 1.50 bits per heavy atom. The lowest BCUT2D eigenvalue weighted by Gasteiger charge is -2.08. The number of rotatable bonds is 3. The van der Waals surface area contributed by atoms with E-state index >= 15 is 0 Å². The number of halogens is 3. The van der Waals surface area contributed by atoms with Crippen LogP contribution in [0, 0.1) is 9.39 Å². The summed E-state index contributed by atoms with van der Waals surface area (Å²) in [6, 6.07) is 4.70. The molecule has 0 saturated heterocycles. The van der Waals surface area contributed by atoms with Crippen molar-refractivity contribution in [3.8, 4) is 0 Å². The number of hydrogen-bond donors (Lipinski definition) is 2. The van der Waals surface area contributed by atoms with Crippen molar-refractivity contribution in [2.75, 3.05) is 5.32 Å². The average Bonchev–Trinajstić information content (AvgIpc) is 2.35. The second kappa shape index (κ2) is 5.79. The summed E-state index contributed by atoms with van der Waals surface area (Å²) in [5.41, 5.74) is 0.282. The Bertz CT molecular complexity index is 632. The van der Waals surface area contributed by atoms with Crippen molar-refractivity contribution >= 4 is 44.3 Å². The lowest BCUT2D eigenvalue weighted by molar-refractivity contribution is 0.612. The quantitative estimate of drug-likeness (QED) is 0.746. The number of hydrogen-bond acceptors (Lipinski definition) is 3. The smallest absolute Gasteiger partial charge is 0.266 e. The summed E-state index contributed by atoms with van der Waals surface area (Å²) >= 11 is 5.17. The molecule has 0 unspecified atom stereocenters. The Balaban J connectivity index is 2.19. The van der Waals surface area contributed by atoms with E-state index in [0.29, 0.717) is 15.0 Å². The third-order valence-corrected chi connectivity index (χ3v) is 3.74. The van der Waals surface area contributed by atoms with Crippen molar-refractivity contribution in [3.05, 3.63) is 54.3 Å². The Hall–Kier alpha value is -0.960. The molecule has 0 spiro atoms. The fourth-order valence-electron chi connectivity index (χ4n) is 1.36. The molecule has 0 amide bonds. The van der Waals surface area contributed by atoms with Gasteiger partial charge in [-0.25, -0.2) is 9.37 Å². The van der Waals surface area contributed by atoms with Crippen LogP contribution in [0.2, 0.25) is 0 Å². The predicted molar refractivity (Wildman–Crippen MR) is 79.0 cm³/mol. The van der Waals surface area contributed by atoms with Crippen LogP contribution in [-0.2, 0) is 6.54 Å². The largest absolute Gasteiger partial charge is 0.365 e. The van der Waals surface area contributed by atoms with Crippen LogP contribution in [0.5, 0.6) is 0 Å². The van der Waals surface area contributed by atoms with Gasteiger partial charge in [-0.1, -0.05) is 15.9 Å². The summed E-state index contributed by atoms with van der Waals surface area (Å²) in [5.74, 6) is 0.143. The van der Waals surface area contributed by atoms with E-state index in [9.17, 15) is 9.18 Å². The molecule has 0 bridgehead atoms. The number of benzene rings is 1. The molecule has 1 heterocycles. The van der Waals surface area contributed by atoms with E-state index in [0.717, 1.165) is 4.47 Å². The molecular weight excluding hydrogens is 416 g/mol. The van der Waals surface area contributed by atoms with Crippen molar-refractivity contribution in [3.63, 3.8) is 0 Å². The minimum absolute atomic E-state index is 0.220. The number of aromatic nitrogens is 2. The molecule has 0 aliphatic rings. The van der Waals surface area contributed by atoms with Crippen molar-refractivity contribution in [1.82, 2.24) is 9.97 Å². The highest BCUT2D eigenvalue weighted by atomic mass is 127. The maximum atomic E-state index is 13.5. The van der Waals surface area contributed by atoms with E-state index in [1.54, 1.807) is 12.1 Å². The maximum Gasteiger partial charge on any atom is 0.266 e. The maximum absolute atomic E-state index is 13.5. The molecule has 0 saturated carbocycles. The summed E-state index contributed by atoms with van der Waals surface area (Å²) in [4.78, 5) is 17.8. The fourth-order valence-corrected chi connectivity index (χ4v) is 2.26. The SMILES string of the molecule is O=c1[nH]cnc(NCc2cc(Br)ccc2F)c1I. The molecule has 2 rings (SSSR count). The summed E-state index contributed by atoms with van der Waals surface area (Å²) in [6.07, 6.45) is 1.31. The van der Waals surface area contributed by atoms with Gasteiger partial charge in [0, 0.05) is 16.6 Å². The van der Waals surface area contributed by atoms with Crippen molar-refractivity contribution < 1.29 is 4.39 Å². The predicted octanol–water partition coefficient (Wildman–Crippen LogP) is 2.89. The van der Waals surface area contributed by atoms with E-state index in [-0.39, 0.29) is 17.9 Å². The molecule has 1 aromatic carbocycles. The van der Waals surface area contributed by atoms with E-state index < -0.39 is 0 Å². The summed E-state index contributed by atoms with van der Waals surface area (Å²) in [5, 5.41) is 2.94. The molecule has 94 valence electrons. The van der Waals surface area contributed by atoms with Gasteiger partial charge in [-0.05, 0) is 40.8 Å². The lowest BCUT2D eigenvalue weighted by Crippen LogP contribution is -2.15. The average molecular weight is 424 g/mol. The number of aromatic amines is 1. The van der Waals surface area contributed by atoms with Gasteiger partial charge in [-0.2, -0.15) is 0 Å². The van der Waals surface area contributed by atoms with Gasteiger partial charge < -0.3 is 10.3 Å². The topological polar surface area (TPSA) is 57.8 Å². The Kier molecular flexibility index (Phi) is 4.33. The molecule has 7 heteroatoms. The molecule has 1 aromatic heterocycles. The Labute approximate surface area is 124 Å². The summed E-state index contributed by atoms with van der Waals surface area (Å²) in [6.45, 7) is 0.262. The highest BCUT2D eigenvalue weighted by Crippen LogP contribution is 2.17. The number of nitrogens with one attached hydrogen (secondary N) is 2.